The Balaban J connectivity index is 2.16. The molecule has 0 bridgehead atoms. The summed E-state index contributed by atoms with van der Waals surface area (Å²) in [6, 6.07) is 0. The van der Waals surface area contributed by atoms with Gasteiger partial charge < -0.3 is 9.64 Å². The first-order valence-corrected chi connectivity index (χ1v) is 5.35. The Morgan fingerprint density at radius 3 is 3.00 bits per heavy atom. The van der Waals surface area contributed by atoms with Crippen molar-refractivity contribution in [2.45, 2.75) is 32.6 Å². The fourth-order valence-corrected chi connectivity index (χ4v) is 1.46. The molecule has 0 atom stereocenters. The summed E-state index contributed by atoms with van der Waals surface area (Å²) in [5.41, 5.74) is 0. The number of rotatable bonds is 5. The molecule has 0 spiro atoms. The summed E-state index contributed by atoms with van der Waals surface area (Å²) >= 11 is 0. The molecule has 1 saturated heterocycles. The van der Waals surface area contributed by atoms with Gasteiger partial charge in [-0.1, -0.05) is 6.08 Å². The van der Waals surface area contributed by atoms with Gasteiger partial charge >= 0.3 is 5.97 Å². The smallest absolute Gasteiger partial charge is 0.306 e. The topological polar surface area (TPSA) is 46.6 Å². The normalized spacial score (nSPS) is 16.3. The number of hydrogen-bond acceptors (Lipinski definition) is 3. The maximum atomic E-state index is 11.2. The van der Waals surface area contributed by atoms with Crippen LogP contribution in [0.3, 0.4) is 0 Å². The highest BCUT2D eigenvalue weighted by atomic mass is 16.5. The molecule has 0 aromatic rings. The van der Waals surface area contributed by atoms with E-state index in [9.17, 15) is 9.59 Å². The van der Waals surface area contributed by atoms with Crippen LogP contribution in [0.15, 0.2) is 12.3 Å². The molecule has 0 aromatic carbocycles. The zero-order valence-electron chi connectivity index (χ0n) is 9.07. The molecule has 0 radical (unpaired) electrons. The third kappa shape index (κ3) is 4.14. The van der Waals surface area contributed by atoms with Gasteiger partial charge in [0.1, 0.15) is 0 Å². The van der Waals surface area contributed by atoms with Gasteiger partial charge in [-0.05, 0) is 19.8 Å². The van der Waals surface area contributed by atoms with E-state index in [-0.39, 0.29) is 11.9 Å². The predicted octanol–water partition coefficient (Wildman–Crippen LogP) is 1.47. The van der Waals surface area contributed by atoms with E-state index in [0.717, 1.165) is 13.0 Å². The molecule has 0 aromatic heterocycles. The van der Waals surface area contributed by atoms with Gasteiger partial charge in [0.2, 0.25) is 5.91 Å². The van der Waals surface area contributed by atoms with Crippen molar-refractivity contribution in [2.75, 3.05) is 13.2 Å². The van der Waals surface area contributed by atoms with Crippen LogP contribution in [0.25, 0.3) is 0 Å². The summed E-state index contributed by atoms with van der Waals surface area (Å²) in [7, 11) is 0. The van der Waals surface area contributed by atoms with E-state index in [1.165, 1.54) is 0 Å². The van der Waals surface area contributed by atoms with Crippen molar-refractivity contribution in [2.24, 2.45) is 0 Å². The second-order valence-electron chi connectivity index (χ2n) is 3.42. The molecule has 0 saturated carbocycles. The van der Waals surface area contributed by atoms with Crippen LogP contribution in [0.5, 0.6) is 0 Å². The summed E-state index contributed by atoms with van der Waals surface area (Å²) in [6.07, 6.45) is 6.20. The second kappa shape index (κ2) is 6.22. The Morgan fingerprint density at radius 1 is 1.60 bits per heavy atom. The van der Waals surface area contributed by atoms with E-state index in [0.29, 0.717) is 25.9 Å². The molecule has 1 rings (SSSR count). The zero-order valence-corrected chi connectivity index (χ0v) is 9.07. The lowest BCUT2D eigenvalue weighted by molar-refractivity contribution is -0.143. The number of likely N-dealkylation sites (tertiary alicyclic amines) is 1. The van der Waals surface area contributed by atoms with Gasteiger partial charge in [-0.25, -0.2) is 0 Å². The van der Waals surface area contributed by atoms with E-state index in [1.807, 2.05) is 6.08 Å². The third-order valence-corrected chi connectivity index (χ3v) is 2.22. The second-order valence-corrected chi connectivity index (χ2v) is 3.42. The fourth-order valence-electron chi connectivity index (χ4n) is 1.46. The van der Waals surface area contributed by atoms with Crippen LogP contribution in [-0.2, 0) is 14.3 Å². The van der Waals surface area contributed by atoms with Gasteiger partial charge in [-0.3, -0.25) is 9.59 Å². The molecule has 15 heavy (non-hydrogen) atoms. The van der Waals surface area contributed by atoms with Gasteiger partial charge in [0.15, 0.2) is 0 Å². The Kier molecular flexibility index (Phi) is 4.87. The summed E-state index contributed by atoms with van der Waals surface area (Å²) in [5.74, 6) is -0.0164. The minimum atomic E-state index is -0.185. The molecular formula is C11H17NO3. The van der Waals surface area contributed by atoms with Crippen molar-refractivity contribution in [3.8, 4) is 0 Å². The lowest BCUT2D eigenvalue weighted by Crippen LogP contribution is -2.17. The van der Waals surface area contributed by atoms with Gasteiger partial charge in [-0.2, -0.15) is 0 Å². The van der Waals surface area contributed by atoms with E-state index < -0.39 is 0 Å². The molecule has 1 amide bonds. The molecule has 1 heterocycles. The zero-order chi connectivity index (χ0) is 11.1. The molecule has 4 heteroatoms. The number of carbonyl (C=O) groups is 2. The maximum absolute atomic E-state index is 11.2. The molecule has 0 aliphatic carbocycles. The molecular weight excluding hydrogens is 194 g/mol. The first kappa shape index (κ1) is 11.8. The van der Waals surface area contributed by atoms with Crippen LogP contribution < -0.4 is 0 Å². The molecule has 1 aliphatic heterocycles. The van der Waals surface area contributed by atoms with Crippen molar-refractivity contribution in [1.82, 2.24) is 4.90 Å². The quantitative estimate of drug-likeness (QED) is 0.647. The highest BCUT2D eigenvalue weighted by Gasteiger charge is 2.16. The van der Waals surface area contributed by atoms with Gasteiger partial charge in [0, 0.05) is 25.6 Å². The largest absolute Gasteiger partial charge is 0.466 e. The average Bonchev–Trinajstić information content (AvgIpc) is 2.60. The number of amides is 1. The number of nitrogens with zero attached hydrogens (tertiary/aromatic N) is 1. The fraction of sp³-hybridized carbons (Fsp3) is 0.636. The minimum Gasteiger partial charge on any atom is -0.466 e. The average molecular weight is 211 g/mol. The van der Waals surface area contributed by atoms with Crippen LogP contribution in [0, 0.1) is 0 Å². The van der Waals surface area contributed by atoms with Crippen molar-refractivity contribution < 1.29 is 14.3 Å². The first-order valence-electron chi connectivity index (χ1n) is 5.35. The molecule has 1 fully saturated rings. The van der Waals surface area contributed by atoms with Crippen molar-refractivity contribution in [3.05, 3.63) is 12.3 Å². The lowest BCUT2D eigenvalue weighted by atomic mass is 10.3. The van der Waals surface area contributed by atoms with Crippen LogP contribution >= 0.6 is 0 Å². The maximum Gasteiger partial charge on any atom is 0.306 e. The van der Waals surface area contributed by atoms with Crippen molar-refractivity contribution in [1.29, 1.82) is 0 Å². The van der Waals surface area contributed by atoms with E-state index in [4.69, 9.17) is 4.74 Å². The third-order valence-electron chi connectivity index (χ3n) is 2.22. The number of allylic oxidation sites excluding steroid dienone is 1. The van der Waals surface area contributed by atoms with Gasteiger partial charge in [-0.15, -0.1) is 0 Å². The number of carbonyl (C=O) groups excluding carboxylic acids is 2. The molecule has 0 unspecified atom stereocenters. The summed E-state index contributed by atoms with van der Waals surface area (Å²) in [6.45, 7) is 3.01. The highest BCUT2D eigenvalue weighted by Crippen LogP contribution is 2.10. The Bertz CT molecular complexity index is 261. The minimum absolute atomic E-state index is 0.169. The van der Waals surface area contributed by atoms with Crippen LogP contribution in [0.1, 0.15) is 32.6 Å². The molecule has 0 N–H and O–H groups in total. The number of esters is 1. The van der Waals surface area contributed by atoms with E-state index in [2.05, 4.69) is 0 Å². The highest BCUT2D eigenvalue weighted by molar-refractivity contribution is 5.79. The Morgan fingerprint density at radius 2 is 2.40 bits per heavy atom. The van der Waals surface area contributed by atoms with E-state index in [1.54, 1.807) is 18.0 Å². The monoisotopic (exact) mass is 211 g/mol. The van der Waals surface area contributed by atoms with Crippen molar-refractivity contribution >= 4 is 11.9 Å². The van der Waals surface area contributed by atoms with Gasteiger partial charge in [0.25, 0.3) is 0 Å². The number of hydrogen-bond donors (Lipinski definition) is 0. The van der Waals surface area contributed by atoms with E-state index >= 15 is 0 Å². The standard InChI is InChI=1S/C11H17NO3/c1-2-15-11(14)7-3-4-8-12-9-5-6-10(12)13/h4,8H,2-3,5-7,9H2,1H3/b8-4+. The Labute approximate surface area is 89.9 Å². The van der Waals surface area contributed by atoms with Crippen molar-refractivity contribution in [3.63, 3.8) is 0 Å². The van der Waals surface area contributed by atoms with Crippen LogP contribution in [-0.4, -0.2) is 29.9 Å². The Hall–Kier alpha value is -1.32. The molecule has 84 valence electrons. The van der Waals surface area contributed by atoms with Crippen LogP contribution in [0.4, 0.5) is 0 Å². The van der Waals surface area contributed by atoms with Crippen LogP contribution in [0.2, 0.25) is 0 Å². The van der Waals surface area contributed by atoms with Gasteiger partial charge in [0.05, 0.1) is 6.61 Å². The SMILES string of the molecule is CCOC(=O)CC/C=C/N1CCCC1=O. The summed E-state index contributed by atoms with van der Waals surface area (Å²) < 4.78 is 4.78. The summed E-state index contributed by atoms with van der Waals surface area (Å²) in [4.78, 5) is 23.9. The first-order chi connectivity index (χ1) is 7.24. The summed E-state index contributed by atoms with van der Waals surface area (Å²) in [5, 5.41) is 0. The predicted molar refractivity (Wildman–Crippen MR) is 56.0 cm³/mol. The number of ether oxygens (including phenoxy) is 1. The molecule has 4 nitrogen and oxygen atoms in total. The molecule has 1 aliphatic rings. The lowest BCUT2D eigenvalue weighted by Gasteiger charge is -2.07.